The van der Waals surface area contributed by atoms with E-state index in [4.69, 9.17) is 4.74 Å². The number of nitrogens with one attached hydrogen (secondary N) is 1. The molecule has 1 fully saturated rings. The summed E-state index contributed by atoms with van der Waals surface area (Å²) in [5.41, 5.74) is 2.19. The Morgan fingerprint density at radius 3 is 2.68 bits per heavy atom. The summed E-state index contributed by atoms with van der Waals surface area (Å²) in [6.45, 7) is 8.08. The van der Waals surface area contributed by atoms with E-state index in [0.29, 0.717) is 0 Å². The minimum absolute atomic E-state index is 0.0908. The highest BCUT2D eigenvalue weighted by Gasteiger charge is 2.51. The van der Waals surface area contributed by atoms with E-state index >= 15 is 0 Å². The lowest BCUT2D eigenvalue weighted by Crippen LogP contribution is -2.62. The average molecular weight is 260 g/mol. The molecule has 1 spiro atoms. The van der Waals surface area contributed by atoms with Gasteiger partial charge >= 0.3 is 6.09 Å². The third kappa shape index (κ3) is 2.05. The van der Waals surface area contributed by atoms with Crippen LogP contribution in [0.25, 0.3) is 0 Å². The summed E-state index contributed by atoms with van der Waals surface area (Å²) >= 11 is 0. The first kappa shape index (κ1) is 12.3. The zero-order chi connectivity index (χ0) is 13.7. The van der Waals surface area contributed by atoms with Crippen LogP contribution >= 0.6 is 0 Å². The summed E-state index contributed by atoms with van der Waals surface area (Å²) < 4.78 is 5.40. The fourth-order valence-electron chi connectivity index (χ4n) is 2.88. The van der Waals surface area contributed by atoms with Gasteiger partial charge in [0.05, 0.1) is 5.41 Å². The van der Waals surface area contributed by atoms with Crippen molar-refractivity contribution < 1.29 is 9.53 Å². The topological polar surface area (TPSA) is 41.6 Å². The van der Waals surface area contributed by atoms with Gasteiger partial charge in [-0.15, -0.1) is 0 Å². The molecule has 0 aliphatic carbocycles. The van der Waals surface area contributed by atoms with Crippen molar-refractivity contribution in [2.75, 3.05) is 25.0 Å². The van der Waals surface area contributed by atoms with Crippen LogP contribution in [0.15, 0.2) is 24.3 Å². The second kappa shape index (κ2) is 3.89. The summed E-state index contributed by atoms with van der Waals surface area (Å²) in [4.78, 5) is 13.8. The molecule has 0 saturated carbocycles. The molecule has 0 atom stereocenters. The number of carbonyl (C=O) groups excluding carboxylic acids is 1. The van der Waals surface area contributed by atoms with Gasteiger partial charge < -0.3 is 15.0 Å². The lowest BCUT2D eigenvalue weighted by molar-refractivity contribution is -0.00627. The van der Waals surface area contributed by atoms with E-state index in [0.717, 1.165) is 19.6 Å². The third-order valence-corrected chi connectivity index (χ3v) is 3.75. The summed E-state index contributed by atoms with van der Waals surface area (Å²) in [7, 11) is 0. The number of para-hydroxylation sites is 1. The van der Waals surface area contributed by atoms with Crippen molar-refractivity contribution in [3.8, 4) is 0 Å². The molecule has 1 saturated heterocycles. The molecule has 1 aromatic carbocycles. The maximum absolute atomic E-state index is 12.0. The first-order valence-corrected chi connectivity index (χ1v) is 6.71. The minimum Gasteiger partial charge on any atom is -0.444 e. The monoisotopic (exact) mass is 260 g/mol. The first-order chi connectivity index (χ1) is 8.90. The highest BCUT2D eigenvalue weighted by molar-refractivity contribution is 5.72. The summed E-state index contributed by atoms with van der Waals surface area (Å²) in [5.74, 6) is 0. The first-order valence-electron chi connectivity index (χ1n) is 6.71. The van der Waals surface area contributed by atoms with Gasteiger partial charge in [-0.2, -0.15) is 0 Å². The normalized spacial score (nSPS) is 19.6. The Morgan fingerprint density at radius 1 is 1.32 bits per heavy atom. The van der Waals surface area contributed by atoms with Crippen molar-refractivity contribution in [3.63, 3.8) is 0 Å². The maximum atomic E-state index is 12.0. The molecular formula is C15H20N2O2. The molecule has 102 valence electrons. The molecule has 2 aliphatic heterocycles. The van der Waals surface area contributed by atoms with Crippen LogP contribution in [0, 0.1) is 0 Å². The number of nitrogens with zero attached hydrogens (tertiary/aromatic N) is 1. The van der Waals surface area contributed by atoms with Crippen molar-refractivity contribution in [2.24, 2.45) is 0 Å². The fraction of sp³-hybridized carbons (Fsp3) is 0.533. The zero-order valence-corrected chi connectivity index (χ0v) is 11.7. The standard InChI is InChI=1S/C15H20N2O2/c1-14(2,3)19-13(18)17-9-15(10-17)8-16-12-7-5-4-6-11(12)15/h4-7,16H,8-10H2,1-3H3. The third-order valence-electron chi connectivity index (χ3n) is 3.75. The Bertz CT molecular complexity index is 513. The van der Waals surface area contributed by atoms with Crippen LogP contribution < -0.4 is 5.32 Å². The molecule has 1 N–H and O–H groups in total. The Morgan fingerprint density at radius 2 is 2.00 bits per heavy atom. The van der Waals surface area contributed by atoms with E-state index in [-0.39, 0.29) is 11.5 Å². The molecule has 1 amide bonds. The molecule has 4 heteroatoms. The molecule has 2 heterocycles. The van der Waals surface area contributed by atoms with Gasteiger partial charge in [-0.3, -0.25) is 0 Å². The molecule has 3 rings (SSSR count). The highest BCUT2D eigenvalue weighted by atomic mass is 16.6. The molecule has 0 unspecified atom stereocenters. The Hall–Kier alpha value is -1.71. The van der Waals surface area contributed by atoms with Crippen LogP contribution in [0.1, 0.15) is 26.3 Å². The molecule has 4 nitrogen and oxygen atoms in total. The van der Waals surface area contributed by atoms with Gasteiger partial charge in [0, 0.05) is 25.3 Å². The van der Waals surface area contributed by atoms with Crippen LogP contribution in [-0.4, -0.2) is 36.2 Å². The molecule has 2 aliphatic rings. The molecule has 1 aromatic rings. The predicted molar refractivity (Wildman–Crippen MR) is 74.4 cm³/mol. The molecule has 0 aromatic heterocycles. The molecule has 19 heavy (non-hydrogen) atoms. The van der Waals surface area contributed by atoms with Crippen molar-refractivity contribution in [1.29, 1.82) is 0 Å². The van der Waals surface area contributed by atoms with Gasteiger partial charge in [0.25, 0.3) is 0 Å². The number of benzene rings is 1. The Kier molecular flexibility index (Phi) is 2.52. The number of hydrogen-bond acceptors (Lipinski definition) is 3. The summed E-state index contributed by atoms with van der Waals surface area (Å²) in [6.07, 6.45) is -0.206. The van der Waals surface area contributed by atoms with Crippen LogP contribution in [-0.2, 0) is 10.2 Å². The SMILES string of the molecule is CC(C)(C)OC(=O)N1CC2(CNc3ccccc32)C1. The number of likely N-dealkylation sites (tertiary alicyclic amines) is 1. The van der Waals surface area contributed by atoms with E-state index in [1.54, 1.807) is 4.90 Å². The maximum Gasteiger partial charge on any atom is 0.410 e. The lowest BCUT2D eigenvalue weighted by Gasteiger charge is -2.47. The summed E-state index contributed by atoms with van der Waals surface area (Å²) in [6, 6.07) is 8.35. The van der Waals surface area contributed by atoms with Crippen molar-refractivity contribution in [1.82, 2.24) is 4.90 Å². The van der Waals surface area contributed by atoms with Gasteiger partial charge in [-0.1, -0.05) is 18.2 Å². The smallest absolute Gasteiger partial charge is 0.410 e. The van der Waals surface area contributed by atoms with Crippen molar-refractivity contribution >= 4 is 11.8 Å². The number of hydrogen-bond donors (Lipinski definition) is 1. The second-order valence-electron chi connectivity index (χ2n) is 6.52. The van der Waals surface area contributed by atoms with E-state index in [1.807, 2.05) is 26.8 Å². The molecular weight excluding hydrogens is 240 g/mol. The Labute approximate surface area is 113 Å². The van der Waals surface area contributed by atoms with Gasteiger partial charge in [0.15, 0.2) is 0 Å². The molecule has 0 bridgehead atoms. The molecule has 0 radical (unpaired) electrons. The quantitative estimate of drug-likeness (QED) is 0.779. The number of ether oxygens (including phenoxy) is 1. The van der Waals surface area contributed by atoms with Crippen LogP contribution in [0.3, 0.4) is 0 Å². The van der Waals surface area contributed by atoms with Crippen LogP contribution in [0.4, 0.5) is 10.5 Å². The highest BCUT2D eigenvalue weighted by Crippen LogP contribution is 2.43. The van der Waals surface area contributed by atoms with E-state index in [9.17, 15) is 4.79 Å². The van der Waals surface area contributed by atoms with Gasteiger partial charge in [0.2, 0.25) is 0 Å². The predicted octanol–water partition coefficient (Wildman–Crippen LogP) is 2.60. The van der Waals surface area contributed by atoms with Gasteiger partial charge in [-0.25, -0.2) is 4.79 Å². The van der Waals surface area contributed by atoms with E-state index in [2.05, 4.69) is 23.5 Å². The van der Waals surface area contributed by atoms with Crippen LogP contribution in [0.5, 0.6) is 0 Å². The zero-order valence-electron chi connectivity index (χ0n) is 11.7. The van der Waals surface area contributed by atoms with Gasteiger partial charge in [-0.05, 0) is 32.4 Å². The number of rotatable bonds is 0. The van der Waals surface area contributed by atoms with Crippen molar-refractivity contribution in [3.05, 3.63) is 29.8 Å². The second-order valence-corrected chi connectivity index (χ2v) is 6.52. The lowest BCUT2D eigenvalue weighted by atomic mass is 9.75. The fourth-order valence-corrected chi connectivity index (χ4v) is 2.88. The van der Waals surface area contributed by atoms with E-state index in [1.165, 1.54) is 11.3 Å². The van der Waals surface area contributed by atoms with Crippen molar-refractivity contribution in [2.45, 2.75) is 31.8 Å². The average Bonchev–Trinajstić information content (AvgIpc) is 2.64. The number of anilines is 1. The van der Waals surface area contributed by atoms with E-state index < -0.39 is 5.60 Å². The number of fused-ring (bicyclic) bond motifs is 2. The largest absolute Gasteiger partial charge is 0.444 e. The van der Waals surface area contributed by atoms with Crippen LogP contribution in [0.2, 0.25) is 0 Å². The Balaban J connectivity index is 1.69. The minimum atomic E-state index is -0.425. The number of carbonyl (C=O) groups is 1. The summed E-state index contributed by atoms with van der Waals surface area (Å²) in [5, 5.41) is 3.42. The number of amides is 1. The van der Waals surface area contributed by atoms with Gasteiger partial charge in [0.1, 0.15) is 5.60 Å².